The van der Waals surface area contributed by atoms with Crippen LogP contribution in [-0.4, -0.2) is 57.0 Å². The van der Waals surface area contributed by atoms with Gasteiger partial charge in [0.1, 0.15) is 12.3 Å². The number of hydrogen-bond acceptors (Lipinski definition) is 6. The molecule has 2 aliphatic rings. The number of hydrogen-bond donors (Lipinski definition) is 1. The molecule has 2 aromatic rings. The van der Waals surface area contributed by atoms with E-state index in [9.17, 15) is 18.0 Å². The number of ether oxygens (including phenoxy) is 1. The molecule has 1 N–H and O–H groups in total. The quantitative estimate of drug-likeness (QED) is 0.646. The lowest BCUT2D eigenvalue weighted by Crippen LogP contribution is -2.43. The molecule has 0 saturated carbocycles. The Balaban J connectivity index is 1.57. The molecule has 0 unspecified atom stereocenters. The van der Waals surface area contributed by atoms with Gasteiger partial charge in [-0.15, -0.1) is 11.8 Å². The minimum absolute atomic E-state index is 0.0922. The van der Waals surface area contributed by atoms with Crippen molar-refractivity contribution in [2.24, 2.45) is 0 Å². The standard InChI is InChI=1S/C22H25N3O5S2/c1-31-17-7-5-6-16(12-17)23-21(26)14-25-19-13-18(8-9-20(19)30-15-22(25)27)32(28,29)24-10-3-2-4-11-24/h5-9,12-13H,2-4,10-11,14-15H2,1H3,(H,23,26). The van der Waals surface area contributed by atoms with Crippen LogP contribution in [0.2, 0.25) is 0 Å². The Kier molecular flexibility index (Phi) is 6.73. The Morgan fingerprint density at radius 3 is 2.66 bits per heavy atom. The number of carbonyl (C=O) groups is 2. The first-order valence-corrected chi connectivity index (χ1v) is 13.1. The number of thioether (sulfide) groups is 1. The summed E-state index contributed by atoms with van der Waals surface area (Å²) in [5, 5.41) is 2.80. The molecule has 2 amide bonds. The number of piperidine rings is 1. The van der Waals surface area contributed by atoms with E-state index in [0.29, 0.717) is 24.5 Å². The third-order valence-electron chi connectivity index (χ3n) is 5.48. The Morgan fingerprint density at radius 2 is 1.91 bits per heavy atom. The van der Waals surface area contributed by atoms with Gasteiger partial charge in [-0.25, -0.2) is 8.42 Å². The average molecular weight is 476 g/mol. The molecule has 2 aromatic carbocycles. The molecule has 0 radical (unpaired) electrons. The zero-order chi connectivity index (χ0) is 22.7. The zero-order valence-electron chi connectivity index (χ0n) is 17.7. The van der Waals surface area contributed by atoms with Gasteiger partial charge in [-0.2, -0.15) is 4.31 Å². The molecule has 10 heteroatoms. The topological polar surface area (TPSA) is 96.0 Å². The molecule has 2 heterocycles. The van der Waals surface area contributed by atoms with E-state index in [4.69, 9.17) is 4.74 Å². The molecule has 4 rings (SSSR count). The van der Waals surface area contributed by atoms with Gasteiger partial charge in [-0.05, 0) is 55.5 Å². The van der Waals surface area contributed by atoms with Gasteiger partial charge in [-0.3, -0.25) is 14.5 Å². The van der Waals surface area contributed by atoms with Gasteiger partial charge in [0.2, 0.25) is 15.9 Å². The number of nitrogens with zero attached hydrogens (tertiary/aromatic N) is 2. The lowest BCUT2D eigenvalue weighted by atomic mass is 10.2. The van der Waals surface area contributed by atoms with Gasteiger partial charge in [0.05, 0.1) is 10.6 Å². The largest absolute Gasteiger partial charge is 0.482 e. The van der Waals surface area contributed by atoms with E-state index in [2.05, 4.69) is 5.32 Å². The number of amides is 2. The summed E-state index contributed by atoms with van der Waals surface area (Å²) in [4.78, 5) is 27.6. The molecule has 32 heavy (non-hydrogen) atoms. The fraction of sp³-hybridized carbons (Fsp3) is 0.364. The Bertz CT molecular complexity index is 1130. The first kappa shape index (κ1) is 22.6. The predicted molar refractivity (Wildman–Crippen MR) is 124 cm³/mol. The van der Waals surface area contributed by atoms with E-state index >= 15 is 0 Å². The number of sulfonamides is 1. The second kappa shape index (κ2) is 9.51. The van der Waals surface area contributed by atoms with E-state index < -0.39 is 15.9 Å². The number of anilines is 2. The molecule has 1 saturated heterocycles. The summed E-state index contributed by atoms with van der Waals surface area (Å²) < 4.78 is 33.1. The van der Waals surface area contributed by atoms with Crippen molar-refractivity contribution in [1.82, 2.24) is 4.31 Å². The first-order valence-electron chi connectivity index (χ1n) is 10.4. The van der Waals surface area contributed by atoms with Crippen molar-refractivity contribution in [2.75, 3.05) is 42.7 Å². The molecule has 1 fully saturated rings. The molecule has 0 bridgehead atoms. The second-order valence-electron chi connectivity index (χ2n) is 7.64. The van der Waals surface area contributed by atoms with E-state index in [1.54, 1.807) is 23.9 Å². The van der Waals surface area contributed by atoms with Crippen LogP contribution in [0.25, 0.3) is 0 Å². The highest BCUT2D eigenvalue weighted by atomic mass is 32.2. The van der Waals surface area contributed by atoms with Gasteiger partial charge >= 0.3 is 0 Å². The number of carbonyl (C=O) groups excluding carboxylic acids is 2. The Morgan fingerprint density at radius 1 is 1.12 bits per heavy atom. The maximum absolute atomic E-state index is 13.1. The number of benzene rings is 2. The number of fused-ring (bicyclic) bond motifs is 1. The highest BCUT2D eigenvalue weighted by Gasteiger charge is 2.31. The summed E-state index contributed by atoms with van der Waals surface area (Å²) in [5.41, 5.74) is 0.913. The van der Waals surface area contributed by atoms with Crippen molar-refractivity contribution >= 4 is 45.0 Å². The summed E-state index contributed by atoms with van der Waals surface area (Å²) >= 11 is 1.56. The van der Waals surface area contributed by atoms with Crippen molar-refractivity contribution in [3.8, 4) is 5.75 Å². The van der Waals surface area contributed by atoms with E-state index in [-0.39, 0.29) is 29.6 Å². The normalized spacial score (nSPS) is 16.9. The Labute approximate surface area is 192 Å². The molecule has 0 atom stereocenters. The summed E-state index contributed by atoms with van der Waals surface area (Å²) in [5.74, 6) is -0.411. The minimum atomic E-state index is -3.68. The summed E-state index contributed by atoms with van der Waals surface area (Å²) in [7, 11) is -3.68. The predicted octanol–water partition coefficient (Wildman–Crippen LogP) is 2.95. The molecule has 2 aliphatic heterocycles. The third-order valence-corrected chi connectivity index (χ3v) is 8.10. The van der Waals surface area contributed by atoms with Crippen LogP contribution in [0.15, 0.2) is 52.3 Å². The number of rotatable bonds is 6. The fourth-order valence-electron chi connectivity index (χ4n) is 3.82. The van der Waals surface area contributed by atoms with Gasteiger partial charge in [-0.1, -0.05) is 12.5 Å². The SMILES string of the molecule is CSc1cccc(NC(=O)CN2C(=O)COc3ccc(S(=O)(=O)N4CCCCC4)cc32)c1. The first-order chi connectivity index (χ1) is 15.4. The van der Waals surface area contributed by atoms with Crippen molar-refractivity contribution in [3.05, 3.63) is 42.5 Å². The summed E-state index contributed by atoms with van der Waals surface area (Å²) in [6.45, 7) is 0.512. The van der Waals surface area contributed by atoms with Crippen LogP contribution >= 0.6 is 11.8 Å². The lowest BCUT2D eigenvalue weighted by molar-refractivity contribution is -0.123. The maximum atomic E-state index is 13.1. The van der Waals surface area contributed by atoms with Crippen LogP contribution in [0.5, 0.6) is 5.75 Å². The maximum Gasteiger partial charge on any atom is 0.265 e. The van der Waals surface area contributed by atoms with Gasteiger partial charge in [0, 0.05) is 23.7 Å². The van der Waals surface area contributed by atoms with Crippen molar-refractivity contribution < 1.29 is 22.7 Å². The molecule has 8 nitrogen and oxygen atoms in total. The van der Waals surface area contributed by atoms with E-state index in [1.807, 2.05) is 24.5 Å². The highest BCUT2D eigenvalue weighted by Crippen LogP contribution is 2.35. The van der Waals surface area contributed by atoms with E-state index in [0.717, 1.165) is 24.2 Å². The van der Waals surface area contributed by atoms with Crippen molar-refractivity contribution in [2.45, 2.75) is 29.1 Å². The number of nitrogens with one attached hydrogen (secondary N) is 1. The summed E-state index contributed by atoms with van der Waals surface area (Å²) in [6.07, 6.45) is 4.62. The van der Waals surface area contributed by atoms with Gasteiger partial charge in [0.25, 0.3) is 5.91 Å². The molecule has 0 aromatic heterocycles. The van der Waals surface area contributed by atoms with E-state index in [1.165, 1.54) is 21.3 Å². The van der Waals surface area contributed by atoms with Crippen LogP contribution in [-0.2, 0) is 19.6 Å². The zero-order valence-corrected chi connectivity index (χ0v) is 19.4. The molecular weight excluding hydrogens is 450 g/mol. The highest BCUT2D eigenvalue weighted by molar-refractivity contribution is 7.98. The molecule has 0 aliphatic carbocycles. The third kappa shape index (κ3) is 4.77. The summed E-state index contributed by atoms with van der Waals surface area (Å²) in [6, 6.07) is 11.9. The lowest BCUT2D eigenvalue weighted by Gasteiger charge is -2.30. The molecule has 0 spiro atoms. The van der Waals surface area contributed by atoms with Crippen LogP contribution in [0.1, 0.15) is 19.3 Å². The monoisotopic (exact) mass is 475 g/mol. The van der Waals surface area contributed by atoms with Crippen LogP contribution in [0.3, 0.4) is 0 Å². The van der Waals surface area contributed by atoms with Gasteiger partial charge < -0.3 is 10.1 Å². The fourth-order valence-corrected chi connectivity index (χ4v) is 5.81. The van der Waals surface area contributed by atoms with Crippen molar-refractivity contribution in [3.63, 3.8) is 0 Å². The Hall–Kier alpha value is -2.56. The van der Waals surface area contributed by atoms with Crippen molar-refractivity contribution in [1.29, 1.82) is 0 Å². The molecule has 170 valence electrons. The van der Waals surface area contributed by atoms with Gasteiger partial charge in [0.15, 0.2) is 6.61 Å². The molecular formula is C22H25N3O5S2. The smallest absolute Gasteiger partial charge is 0.265 e. The van der Waals surface area contributed by atoms with Crippen LogP contribution in [0.4, 0.5) is 11.4 Å². The average Bonchev–Trinajstić information content (AvgIpc) is 2.81. The minimum Gasteiger partial charge on any atom is -0.482 e. The van der Waals surface area contributed by atoms with Crippen LogP contribution < -0.4 is 15.0 Å². The van der Waals surface area contributed by atoms with Crippen LogP contribution in [0, 0.1) is 0 Å². The second-order valence-corrected chi connectivity index (χ2v) is 10.5.